The zero-order valence-corrected chi connectivity index (χ0v) is 17.7. The van der Waals surface area contributed by atoms with Gasteiger partial charge in [-0.2, -0.15) is 5.10 Å². The Morgan fingerprint density at radius 1 is 1.17 bits per heavy atom. The summed E-state index contributed by atoms with van der Waals surface area (Å²) >= 11 is 0. The van der Waals surface area contributed by atoms with Gasteiger partial charge in [0, 0.05) is 56.8 Å². The Hall–Kier alpha value is -2.89. The number of carbonyl (C=O) groups excluding carboxylic acids is 1. The normalized spacial score (nSPS) is 13.7. The van der Waals surface area contributed by atoms with Gasteiger partial charge in [0.25, 0.3) is 0 Å². The number of aryl methyl sites for hydroxylation is 3. The number of amides is 1. The highest BCUT2D eigenvalue weighted by molar-refractivity contribution is 5.83. The molecule has 1 aliphatic carbocycles. The lowest BCUT2D eigenvalue weighted by Crippen LogP contribution is -2.34. The van der Waals surface area contributed by atoms with Crippen molar-refractivity contribution in [3.05, 3.63) is 53.3 Å². The number of rotatable bonds is 7. The summed E-state index contributed by atoms with van der Waals surface area (Å²) in [5, 5.41) is 5.51. The van der Waals surface area contributed by atoms with Crippen LogP contribution in [-0.2, 0) is 17.9 Å². The van der Waals surface area contributed by atoms with Gasteiger partial charge < -0.3 is 9.80 Å². The highest BCUT2D eigenvalue weighted by Crippen LogP contribution is 2.32. The van der Waals surface area contributed by atoms with Crippen LogP contribution in [0, 0.1) is 13.8 Å². The molecule has 0 radical (unpaired) electrons. The number of nitrogens with zero attached hydrogens (tertiary/aromatic N) is 5. The van der Waals surface area contributed by atoms with E-state index in [-0.39, 0.29) is 5.91 Å². The quantitative estimate of drug-likeness (QED) is 0.616. The first kappa shape index (κ1) is 19.4. The Bertz CT molecular complexity index is 1030. The van der Waals surface area contributed by atoms with Crippen molar-refractivity contribution in [3.8, 4) is 0 Å². The maximum absolute atomic E-state index is 13.0. The summed E-state index contributed by atoms with van der Waals surface area (Å²) in [7, 11) is 4.02. The van der Waals surface area contributed by atoms with Crippen LogP contribution in [0.4, 0.5) is 5.82 Å². The lowest BCUT2D eigenvalue weighted by molar-refractivity contribution is -0.132. The fourth-order valence-corrected chi connectivity index (χ4v) is 3.75. The summed E-state index contributed by atoms with van der Waals surface area (Å²) in [6.07, 6.45) is 4.58. The van der Waals surface area contributed by atoms with E-state index in [1.165, 1.54) is 5.56 Å². The molecule has 6 heteroatoms. The maximum atomic E-state index is 13.0. The van der Waals surface area contributed by atoms with Gasteiger partial charge in [-0.1, -0.05) is 12.1 Å². The lowest BCUT2D eigenvalue weighted by atomic mass is 10.1. The monoisotopic (exact) mass is 391 g/mol. The standard InChI is InChI=1S/C23H29N5O/c1-16-5-6-18-14-19(23(26(3)4)24-21(18)13-16)15-28(20-7-8-20)22(29)10-12-27-11-9-17(2)25-27/h5-6,9,11,13-14,20H,7-8,10,12,15H2,1-4H3. The van der Waals surface area contributed by atoms with E-state index in [1.807, 2.05) is 47.8 Å². The van der Waals surface area contributed by atoms with E-state index in [9.17, 15) is 4.79 Å². The van der Waals surface area contributed by atoms with Gasteiger partial charge in [-0.3, -0.25) is 9.48 Å². The first-order valence-corrected chi connectivity index (χ1v) is 10.3. The molecule has 0 atom stereocenters. The Morgan fingerprint density at radius 3 is 2.62 bits per heavy atom. The topological polar surface area (TPSA) is 54.3 Å². The largest absolute Gasteiger partial charge is 0.362 e. The first-order valence-electron chi connectivity index (χ1n) is 10.3. The van der Waals surface area contributed by atoms with Crippen molar-refractivity contribution in [2.75, 3.05) is 19.0 Å². The van der Waals surface area contributed by atoms with E-state index >= 15 is 0 Å². The number of fused-ring (bicyclic) bond motifs is 1. The predicted molar refractivity (Wildman–Crippen MR) is 116 cm³/mol. The van der Waals surface area contributed by atoms with Gasteiger partial charge in [-0.05, 0) is 50.5 Å². The number of hydrogen-bond acceptors (Lipinski definition) is 4. The second kappa shape index (κ2) is 7.85. The lowest BCUT2D eigenvalue weighted by Gasteiger charge is -2.25. The average Bonchev–Trinajstić information content (AvgIpc) is 3.44. The SMILES string of the molecule is Cc1ccc2cc(CN(C(=O)CCn3ccc(C)n3)C3CC3)c(N(C)C)nc2c1. The Labute approximate surface area is 172 Å². The zero-order valence-electron chi connectivity index (χ0n) is 17.7. The van der Waals surface area contributed by atoms with Crippen molar-refractivity contribution in [2.45, 2.75) is 52.2 Å². The number of anilines is 1. The van der Waals surface area contributed by atoms with Crippen LogP contribution in [0.1, 0.15) is 36.1 Å². The van der Waals surface area contributed by atoms with E-state index in [0.717, 1.165) is 40.8 Å². The van der Waals surface area contributed by atoms with Crippen LogP contribution in [0.2, 0.25) is 0 Å². The third-order valence-corrected chi connectivity index (χ3v) is 5.43. The van der Waals surface area contributed by atoms with E-state index in [2.05, 4.69) is 36.3 Å². The highest BCUT2D eigenvalue weighted by Gasteiger charge is 2.33. The van der Waals surface area contributed by atoms with E-state index in [1.54, 1.807) is 0 Å². The van der Waals surface area contributed by atoms with Gasteiger partial charge >= 0.3 is 0 Å². The molecule has 2 heterocycles. The smallest absolute Gasteiger partial charge is 0.224 e. The van der Waals surface area contributed by atoms with Crippen LogP contribution in [-0.4, -0.2) is 45.7 Å². The maximum Gasteiger partial charge on any atom is 0.224 e. The van der Waals surface area contributed by atoms with Crippen molar-refractivity contribution < 1.29 is 4.79 Å². The van der Waals surface area contributed by atoms with Gasteiger partial charge in [0.1, 0.15) is 5.82 Å². The molecule has 1 fully saturated rings. The number of aromatic nitrogens is 3. The molecule has 4 rings (SSSR count). The molecule has 3 aromatic rings. The summed E-state index contributed by atoms with van der Waals surface area (Å²) in [5.41, 5.74) is 4.27. The average molecular weight is 392 g/mol. The summed E-state index contributed by atoms with van der Waals surface area (Å²) in [6.45, 7) is 5.27. The minimum atomic E-state index is 0.189. The van der Waals surface area contributed by atoms with E-state index in [4.69, 9.17) is 4.98 Å². The van der Waals surface area contributed by atoms with Crippen molar-refractivity contribution in [1.82, 2.24) is 19.7 Å². The van der Waals surface area contributed by atoms with Crippen LogP contribution in [0.25, 0.3) is 10.9 Å². The van der Waals surface area contributed by atoms with Crippen molar-refractivity contribution in [1.29, 1.82) is 0 Å². The van der Waals surface area contributed by atoms with Crippen LogP contribution in [0.3, 0.4) is 0 Å². The molecule has 0 spiro atoms. The van der Waals surface area contributed by atoms with E-state index < -0.39 is 0 Å². The van der Waals surface area contributed by atoms with Gasteiger partial charge in [0.05, 0.1) is 11.2 Å². The van der Waals surface area contributed by atoms with Crippen molar-refractivity contribution >= 4 is 22.6 Å². The molecule has 0 bridgehead atoms. The van der Waals surface area contributed by atoms with Gasteiger partial charge in [-0.25, -0.2) is 4.98 Å². The summed E-state index contributed by atoms with van der Waals surface area (Å²) < 4.78 is 1.85. The molecule has 1 aromatic carbocycles. The second-order valence-electron chi connectivity index (χ2n) is 8.28. The molecule has 0 unspecified atom stereocenters. The van der Waals surface area contributed by atoms with Crippen molar-refractivity contribution in [3.63, 3.8) is 0 Å². The van der Waals surface area contributed by atoms with E-state index in [0.29, 0.717) is 25.6 Å². The molecule has 2 aromatic heterocycles. The van der Waals surface area contributed by atoms with Gasteiger partial charge in [0.2, 0.25) is 5.91 Å². The Kier molecular flexibility index (Phi) is 5.26. The number of pyridine rings is 1. The third-order valence-electron chi connectivity index (χ3n) is 5.43. The summed E-state index contributed by atoms with van der Waals surface area (Å²) in [4.78, 5) is 22.0. The molecule has 29 heavy (non-hydrogen) atoms. The molecule has 1 aliphatic rings. The van der Waals surface area contributed by atoms with Crippen LogP contribution < -0.4 is 4.90 Å². The van der Waals surface area contributed by atoms with Gasteiger partial charge in [-0.15, -0.1) is 0 Å². The molecule has 1 amide bonds. The Balaban J connectivity index is 1.57. The number of benzene rings is 1. The fourth-order valence-electron chi connectivity index (χ4n) is 3.75. The summed E-state index contributed by atoms with van der Waals surface area (Å²) in [5.74, 6) is 1.12. The minimum Gasteiger partial charge on any atom is -0.362 e. The van der Waals surface area contributed by atoms with Crippen LogP contribution in [0.5, 0.6) is 0 Å². The molecule has 0 saturated heterocycles. The fraction of sp³-hybridized carbons (Fsp3) is 0.435. The van der Waals surface area contributed by atoms with Gasteiger partial charge in [0.15, 0.2) is 0 Å². The third kappa shape index (κ3) is 4.42. The molecule has 0 aliphatic heterocycles. The Morgan fingerprint density at radius 2 is 1.97 bits per heavy atom. The van der Waals surface area contributed by atoms with Crippen molar-refractivity contribution in [2.24, 2.45) is 0 Å². The van der Waals surface area contributed by atoms with Crippen LogP contribution in [0.15, 0.2) is 36.5 Å². The second-order valence-corrected chi connectivity index (χ2v) is 8.28. The van der Waals surface area contributed by atoms with Crippen LogP contribution >= 0.6 is 0 Å². The molecule has 0 N–H and O–H groups in total. The minimum absolute atomic E-state index is 0.189. The highest BCUT2D eigenvalue weighted by atomic mass is 16.2. The molecule has 152 valence electrons. The number of hydrogen-bond donors (Lipinski definition) is 0. The first-order chi connectivity index (χ1) is 13.9. The molecular formula is C23H29N5O. The number of carbonyl (C=O) groups is 1. The molecule has 1 saturated carbocycles. The summed E-state index contributed by atoms with van der Waals surface area (Å²) in [6, 6.07) is 10.8. The zero-order chi connectivity index (χ0) is 20.5. The molecule has 6 nitrogen and oxygen atoms in total. The molecular weight excluding hydrogens is 362 g/mol. The predicted octanol–water partition coefficient (Wildman–Crippen LogP) is 3.70.